The third-order valence-corrected chi connectivity index (χ3v) is 5.27. The Hall–Kier alpha value is -2.15. The molecule has 4 heterocycles. The van der Waals surface area contributed by atoms with Crippen LogP contribution in [0.5, 0.6) is 0 Å². The number of hydrogen-bond acceptors (Lipinski definition) is 4. The molecule has 4 rings (SSSR count). The van der Waals surface area contributed by atoms with E-state index in [4.69, 9.17) is 0 Å². The topological polar surface area (TPSA) is 70.1 Å². The van der Waals surface area contributed by atoms with Crippen LogP contribution in [0.25, 0.3) is 0 Å². The van der Waals surface area contributed by atoms with Crippen molar-refractivity contribution in [3.05, 3.63) is 30.4 Å². The summed E-state index contributed by atoms with van der Waals surface area (Å²) in [7, 11) is 1.88. The number of amides is 1. The molecule has 2 aromatic rings. The molecule has 24 heavy (non-hydrogen) atoms. The van der Waals surface area contributed by atoms with E-state index in [0.29, 0.717) is 5.92 Å². The average molecular weight is 328 g/mol. The second kappa shape index (κ2) is 6.39. The summed E-state index contributed by atoms with van der Waals surface area (Å²) >= 11 is 0. The molecule has 0 aromatic carbocycles. The number of carbonyl (C=O) groups is 1. The van der Waals surface area contributed by atoms with Crippen molar-refractivity contribution in [1.29, 1.82) is 0 Å². The van der Waals surface area contributed by atoms with Gasteiger partial charge in [0.1, 0.15) is 0 Å². The number of H-pyrrole nitrogens is 1. The standard InChI is InChI=1S/C17H24N6O/c1-21-12-14(10-19-21)23-9-3-5-16(17(23)24)22-8-2-4-13(11-22)15-6-7-18-20-15/h6-7,10,12-13,16H,2-5,8-9,11H2,1H3,(H,18,20)/t13-,16+/m1/s1. The van der Waals surface area contributed by atoms with Gasteiger partial charge in [-0.3, -0.25) is 19.5 Å². The molecule has 0 aliphatic carbocycles. The Morgan fingerprint density at radius 1 is 1.25 bits per heavy atom. The molecule has 2 aliphatic heterocycles. The van der Waals surface area contributed by atoms with E-state index in [9.17, 15) is 4.79 Å². The number of hydrogen-bond donors (Lipinski definition) is 1. The van der Waals surface area contributed by atoms with E-state index in [1.54, 1.807) is 10.9 Å². The number of piperidine rings is 2. The smallest absolute Gasteiger partial charge is 0.244 e. The molecule has 2 fully saturated rings. The van der Waals surface area contributed by atoms with Crippen LogP contribution in [0, 0.1) is 0 Å². The molecule has 0 bridgehead atoms. The lowest BCUT2D eigenvalue weighted by Crippen LogP contribution is -2.54. The van der Waals surface area contributed by atoms with Crippen molar-refractivity contribution in [3.8, 4) is 0 Å². The number of likely N-dealkylation sites (tertiary alicyclic amines) is 1. The first-order valence-electron chi connectivity index (χ1n) is 8.76. The van der Waals surface area contributed by atoms with Crippen LogP contribution in [0.3, 0.4) is 0 Å². The number of anilines is 1. The maximum absolute atomic E-state index is 13.1. The van der Waals surface area contributed by atoms with Crippen molar-refractivity contribution in [1.82, 2.24) is 24.9 Å². The lowest BCUT2D eigenvalue weighted by Gasteiger charge is -2.41. The van der Waals surface area contributed by atoms with E-state index < -0.39 is 0 Å². The van der Waals surface area contributed by atoms with Crippen LogP contribution in [0.4, 0.5) is 5.69 Å². The predicted octanol–water partition coefficient (Wildman–Crippen LogP) is 1.52. The van der Waals surface area contributed by atoms with Crippen LogP contribution in [0.15, 0.2) is 24.7 Å². The fourth-order valence-corrected chi connectivity index (χ4v) is 4.04. The normalized spacial score (nSPS) is 26.0. The summed E-state index contributed by atoms with van der Waals surface area (Å²) in [5, 5.41) is 11.4. The zero-order valence-corrected chi connectivity index (χ0v) is 14.1. The molecule has 2 aliphatic rings. The van der Waals surface area contributed by atoms with E-state index in [0.717, 1.165) is 51.0 Å². The van der Waals surface area contributed by atoms with Gasteiger partial charge in [-0.05, 0) is 38.3 Å². The summed E-state index contributed by atoms with van der Waals surface area (Å²) in [6, 6.07) is 2.04. The number of aromatic nitrogens is 4. The van der Waals surface area contributed by atoms with E-state index in [2.05, 4.69) is 26.3 Å². The highest BCUT2D eigenvalue weighted by molar-refractivity contribution is 5.97. The molecular weight excluding hydrogens is 304 g/mol. The third kappa shape index (κ3) is 2.84. The summed E-state index contributed by atoms with van der Waals surface area (Å²) in [5.41, 5.74) is 2.10. The molecule has 1 N–H and O–H groups in total. The molecule has 7 nitrogen and oxygen atoms in total. The van der Waals surface area contributed by atoms with Gasteiger partial charge in [0.15, 0.2) is 0 Å². The lowest BCUT2D eigenvalue weighted by molar-refractivity contribution is -0.125. The number of aryl methyl sites for hydroxylation is 1. The Kier molecular flexibility index (Phi) is 4.10. The second-order valence-corrected chi connectivity index (χ2v) is 6.87. The van der Waals surface area contributed by atoms with Gasteiger partial charge >= 0.3 is 0 Å². The number of aromatic amines is 1. The molecule has 0 spiro atoms. The first kappa shape index (κ1) is 15.4. The van der Waals surface area contributed by atoms with Gasteiger partial charge < -0.3 is 4.90 Å². The van der Waals surface area contributed by atoms with Crippen molar-refractivity contribution in [2.75, 3.05) is 24.5 Å². The zero-order chi connectivity index (χ0) is 16.5. The molecule has 7 heteroatoms. The summed E-state index contributed by atoms with van der Waals surface area (Å²) in [6.07, 6.45) is 9.78. The van der Waals surface area contributed by atoms with Crippen LogP contribution < -0.4 is 4.90 Å². The van der Waals surface area contributed by atoms with Gasteiger partial charge in [-0.15, -0.1) is 0 Å². The zero-order valence-electron chi connectivity index (χ0n) is 14.1. The quantitative estimate of drug-likeness (QED) is 0.927. The van der Waals surface area contributed by atoms with Crippen molar-refractivity contribution in [3.63, 3.8) is 0 Å². The highest BCUT2D eigenvalue weighted by atomic mass is 16.2. The van der Waals surface area contributed by atoms with Crippen molar-refractivity contribution in [2.24, 2.45) is 7.05 Å². The van der Waals surface area contributed by atoms with E-state index in [1.165, 1.54) is 5.69 Å². The summed E-state index contributed by atoms with van der Waals surface area (Å²) in [6.45, 7) is 2.72. The Morgan fingerprint density at radius 3 is 2.88 bits per heavy atom. The summed E-state index contributed by atoms with van der Waals surface area (Å²) in [4.78, 5) is 17.3. The fourth-order valence-electron chi connectivity index (χ4n) is 4.04. The van der Waals surface area contributed by atoms with Crippen molar-refractivity contribution < 1.29 is 4.79 Å². The van der Waals surface area contributed by atoms with Crippen LogP contribution in [0.2, 0.25) is 0 Å². The first-order valence-corrected chi connectivity index (χ1v) is 8.76. The number of rotatable bonds is 3. The van der Waals surface area contributed by atoms with Gasteiger partial charge in [0, 0.05) is 44.1 Å². The maximum Gasteiger partial charge on any atom is 0.244 e. The molecule has 0 saturated carbocycles. The number of nitrogens with zero attached hydrogens (tertiary/aromatic N) is 5. The van der Waals surface area contributed by atoms with Crippen LogP contribution in [-0.2, 0) is 11.8 Å². The largest absolute Gasteiger partial charge is 0.308 e. The monoisotopic (exact) mass is 328 g/mol. The van der Waals surface area contributed by atoms with Crippen LogP contribution in [0.1, 0.15) is 37.3 Å². The highest BCUT2D eigenvalue weighted by Crippen LogP contribution is 2.30. The molecule has 0 radical (unpaired) electrons. The van der Waals surface area contributed by atoms with Crippen LogP contribution >= 0.6 is 0 Å². The van der Waals surface area contributed by atoms with Gasteiger partial charge in [-0.25, -0.2) is 0 Å². The maximum atomic E-state index is 13.1. The SMILES string of the molecule is Cn1cc(N2CCC[C@H](N3CCC[C@@H](c4ccn[nH]4)C3)C2=O)cn1. The Morgan fingerprint density at radius 2 is 2.12 bits per heavy atom. The minimum atomic E-state index is -0.00956. The molecular formula is C17H24N6O. The molecule has 2 atom stereocenters. The number of nitrogens with one attached hydrogen (secondary N) is 1. The third-order valence-electron chi connectivity index (χ3n) is 5.27. The van der Waals surface area contributed by atoms with Gasteiger partial charge in [0.05, 0.1) is 17.9 Å². The average Bonchev–Trinajstić information content (AvgIpc) is 3.27. The molecule has 2 aromatic heterocycles. The van der Waals surface area contributed by atoms with E-state index >= 15 is 0 Å². The van der Waals surface area contributed by atoms with Crippen LogP contribution in [-0.4, -0.2) is 56.5 Å². The fraction of sp³-hybridized carbons (Fsp3) is 0.588. The first-order chi connectivity index (χ1) is 11.7. The molecule has 2 saturated heterocycles. The van der Waals surface area contributed by atoms with E-state index in [-0.39, 0.29) is 11.9 Å². The van der Waals surface area contributed by atoms with Crippen molar-refractivity contribution >= 4 is 11.6 Å². The molecule has 128 valence electrons. The van der Waals surface area contributed by atoms with Gasteiger partial charge in [0.25, 0.3) is 0 Å². The summed E-state index contributed by atoms with van der Waals surface area (Å²) in [5.74, 6) is 0.669. The van der Waals surface area contributed by atoms with Crippen molar-refractivity contribution in [2.45, 2.75) is 37.6 Å². The lowest BCUT2D eigenvalue weighted by atomic mass is 9.92. The minimum absolute atomic E-state index is 0.00956. The van der Waals surface area contributed by atoms with Gasteiger partial charge in [-0.1, -0.05) is 0 Å². The minimum Gasteiger partial charge on any atom is -0.308 e. The molecule has 0 unspecified atom stereocenters. The second-order valence-electron chi connectivity index (χ2n) is 6.87. The van der Waals surface area contributed by atoms with E-state index in [1.807, 2.05) is 24.3 Å². The Bertz CT molecular complexity index is 694. The highest BCUT2D eigenvalue weighted by Gasteiger charge is 2.36. The Balaban J connectivity index is 1.49. The van der Waals surface area contributed by atoms with Gasteiger partial charge in [0.2, 0.25) is 5.91 Å². The predicted molar refractivity (Wildman–Crippen MR) is 90.7 cm³/mol. The van der Waals surface area contributed by atoms with Gasteiger partial charge in [-0.2, -0.15) is 10.2 Å². The molecule has 1 amide bonds. The summed E-state index contributed by atoms with van der Waals surface area (Å²) < 4.78 is 1.75. The Labute approximate surface area is 141 Å². The number of carbonyl (C=O) groups excluding carboxylic acids is 1.